The summed E-state index contributed by atoms with van der Waals surface area (Å²) in [5.41, 5.74) is 0.159. The third kappa shape index (κ3) is 3.05. The average Bonchev–Trinajstić information content (AvgIpc) is 2.40. The van der Waals surface area contributed by atoms with E-state index in [1.54, 1.807) is 13.0 Å². The molecule has 108 valence electrons. The van der Waals surface area contributed by atoms with Gasteiger partial charge in [-0.3, -0.25) is 4.79 Å². The van der Waals surface area contributed by atoms with E-state index < -0.39 is 23.7 Å². The number of alkyl halides is 2. The molecule has 0 aliphatic rings. The zero-order valence-corrected chi connectivity index (χ0v) is 10.8. The van der Waals surface area contributed by atoms with Crippen LogP contribution in [0.5, 0.6) is 5.75 Å². The molecule has 0 fully saturated rings. The first-order valence-electron chi connectivity index (χ1n) is 5.81. The molecule has 0 aliphatic heterocycles. The maximum atomic E-state index is 13.7. The summed E-state index contributed by atoms with van der Waals surface area (Å²) >= 11 is 0. The quantitative estimate of drug-likeness (QED) is 0.946. The Morgan fingerprint density at radius 2 is 2.05 bits per heavy atom. The summed E-state index contributed by atoms with van der Waals surface area (Å²) in [6, 6.07) is 6.50. The third-order valence-electron chi connectivity index (χ3n) is 2.74. The highest BCUT2D eigenvalue weighted by molar-refractivity contribution is 5.70. The van der Waals surface area contributed by atoms with Gasteiger partial charge < -0.3 is 9.72 Å². The highest BCUT2D eigenvalue weighted by Gasteiger charge is 2.14. The fourth-order valence-corrected chi connectivity index (χ4v) is 1.89. The van der Waals surface area contributed by atoms with E-state index in [-0.39, 0.29) is 16.7 Å². The summed E-state index contributed by atoms with van der Waals surface area (Å²) < 4.78 is 41.8. The van der Waals surface area contributed by atoms with Crippen LogP contribution in [0, 0.1) is 24.1 Å². The summed E-state index contributed by atoms with van der Waals surface area (Å²) in [6.45, 7) is -1.53. The number of nitriles is 1. The summed E-state index contributed by atoms with van der Waals surface area (Å²) in [5, 5.41) is 9.01. The molecule has 1 heterocycles. The van der Waals surface area contributed by atoms with Gasteiger partial charge in [0.25, 0.3) is 5.56 Å². The Morgan fingerprint density at radius 1 is 1.33 bits per heavy atom. The van der Waals surface area contributed by atoms with Crippen LogP contribution >= 0.6 is 0 Å². The van der Waals surface area contributed by atoms with Crippen LogP contribution in [0.3, 0.4) is 0 Å². The predicted molar refractivity (Wildman–Crippen MR) is 68.5 cm³/mol. The van der Waals surface area contributed by atoms with Gasteiger partial charge in [0.2, 0.25) is 0 Å². The number of nitrogens with one attached hydrogen (secondary N) is 1. The molecule has 2 aromatic rings. The van der Waals surface area contributed by atoms with E-state index in [1.165, 1.54) is 12.1 Å². The molecule has 0 saturated carbocycles. The van der Waals surface area contributed by atoms with Crippen molar-refractivity contribution in [2.75, 3.05) is 0 Å². The molecule has 4 nitrogen and oxygen atoms in total. The second-order valence-corrected chi connectivity index (χ2v) is 4.21. The van der Waals surface area contributed by atoms with Crippen molar-refractivity contribution in [3.8, 4) is 22.9 Å². The topological polar surface area (TPSA) is 65.9 Å². The van der Waals surface area contributed by atoms with Crippen LogP contribution in [-0.4, -0.2) is 11.6 Å². The van der Waals surface area contributed by atoms with E-state index in [9.17, 15) is 18.0 Å². The van der Waals surface area contributed by atoms with Crippen LogP contribution in [0.25, 0.3) is 11.1 Å². The molecule has 7 heteroatoms. The molecule has 1 aromatic heterocycles. The molecule has 0 aliphatic carbocycles. The highest BCUT2D eigenvalue weighted by Crippen LogP contribution is 2.27. The molecule has 0 radical (unpaired) electrons. The fraction of sp³-hybridized carbons (Fsp3) is 0.143. The maximum Gasteiger partial charge on any atom is 0.387 e. The van der Waals surface area contributed by atoms with Crippen LogP contribution in [0.1, 0.15) is 11.3 Å². The number of halogens is 3. The lowest BCUT2D eigenvalue weighted by molar-refractivity contribution is -0.0521. The first-order chi connectivity index (χ1) is 9.92. The molecule has 0 amide bonds. The first-order valence-corrected chi connectivity index (χ1v) is 5.81. The number of nitrogens with zero attached hydrogens (tertiary/aromatic N) is 1. The van der Waals surface area contributed by atoms with Crippen molar-refractivity contribution in [2.24, 2.45) is 0 Å². The number of benzene rings is 1. The molecular formula is C14H9F3N2O2. The molecule has 0 atom stereocenters. The summed E-state index contributed by atoms with van der Waals surface area (Å²) in [6.07, 6.45) is 0. The van der Waals surface area contributed by atoms with Gasteiger partial charge in [0, 0.05) is 11.3 Å². The number of aryl methyl sites for hydroxylation is 1. The Kier molecular flexibility index (Phi) is 3.98. The molecule has 0 unspecified atom stereocenters. The van der Waals surface area contributed by atoms with Gasteiger partial charge >= 0.3 is 6.61 Å². The molecule has 21 heavy (non-hydrogen) atoms. The van der Waals surface area contributed by atoms with Gasteiger partial charge in [-0.05, 0) is 30.7 Å². The summed E-state index contributed by atoms with van der Waals surface area (Å²) in [4.78, 5) is 14.1. The minimum absolute atomic E-state index is 0.178. The zero-order chi connectivity index (χ0) is 15.6. The lowest BCUT2D eigenvalue weighted by Crippen LogP contribution is -2.12. The van der Waals surface area contributed by atoms with Crippen molar-refractivity contribution in [3.05, 3.63) is 51.7 Å². The number of hydrogen-bond donors (Lipinski definition) is 1. The van der Waals surface area contributed by atoms with E-state index in [0.29, 0.717) is 5.69 Å². The maximum absolute atomic E-state index is 13.7. The lowest BCUT2D eigenvalue weighted by atomic mass is 10.0. The summed E-state index contributed by atoms with van der Waals surface area (Å²) in [7, 11) is 0. The second kappa shape index (κ2) is 5.71. The van der Waals surface area contributed by atoms with Gasteiger partial charge in [-0.1, -0.05) is 6.07 Å². The number of aromatic nitrogens is 1. The summed E-state index contributed by atoms with van der Waals surface area (Å²) in [5.74, 6) is -1.61. The molecule has 0 spiro atoms. The van der Waals surface area contributed by atoms with Crippen LogP contribution < -0.4 is 10.3 Å². The van der Waals surface area contributed by atoms with Gasteiger partial charge in [0.1, 0.15) is 11.6 Å². The van der Waals surface area contributed by atoms with Crippen LogP contribution in [0.4, 0.5) is 13.2 Å². The van der Waals surface area contributed by atoms with Crippen molar-refractivity contribution < 1.29 is 17.9 Å². The largest absolute Gasteiger partial charge is 0.432 e. The van der Waals surface area contributed by atoms with Gasteiger partial charge in [-0.2, -0.15) is 14.0 Å². The number of ether oxygens (including phenoxy) is 1. The van der Waals surface area contributed by atoms with E-state index in [2.05, 4.69) is 9.72 Å². The number of pyridine rings is 1. The predicted octanol–water partition coefficient (Wildman–Crippen LogP) is 2.96. The normalized spacial score (nSPS) is 10.5. The number of rotatable bonds is 3. The number of hydrogen-bond acceptors (Lipinski definition) is 3. The SMILES string of the molecule is Cc1cc(-c2ccc(OC(F)F)c(F)c2)c(C#N)c(=O)[nH]1. The minimum Gasteiger partial charge on any atom is -0.432 e. The lowest BCUT2D eigenvalue weighted by Gasteiger charge is -2.09. The van der Waals surface area contributed by atoms with Crippen molar-refractivity contribution >= 4 is 0 Å². The molecule has 0 saturated heterocycles. The Hall–Kier alpha value is -2.75. The van der Waals surface area contributed by atoms with Crippen molar-refractivity contribution in [3.63, 3.8) is 0 Å². The van der Waals surface area contributed by atoms with Crippen LogP contribution in [0.15, 0.2) is 29.1 Å². The standard InChI is InChI=1S/C14H9F3N2O2/c1-7-4-9(10(6-18)13(20)19-7)8-2-3-12(11(15)5-8)21-14(16)17/h2-5,14H,1H3,(H,19,20). The fourth-order valence-electron chi connectivity index (χ4n) is 1.89. The van der Waals surface area contributed by atoms with Gasteiger partial charge in [-0.15, -0.1) is 0 Å². The van der Waals surface area contributed by atoms with E-state index in [0.717, 1.165) is 12.1 Å². The highest BCUT2D eigenvalue weighted by atomic mass is 19.3. The average molecular weight is 294 g/mol. The van der Waals surface area contributed by atoms with E-state index in [1.807, 2.05) is 0 Å². The minimum atomic E-state index is -3.14. The molecular weight excluding hydrogens is 285 g/mol. The molecule has 0 bridgehead atoms. The van der Waals surface area contributed by atoms with Gasteiger partial charge in [0.05, 0.1) is 0 Å². The van der Waals surface area contributed by atoms with Crippen molar-refractivity contribution in [1.29, 1.82) is 5.26 Å². The zero-order valence-electron chi connectivity index (χ0n) is 10.8. The van der Waals surface area contributed by atoms with Crippen molar-refractivity contribution in [1.82, 2.24) is 4.98 Å². The van der Waals surface area contributed by atoms with Crippen LogP contribution in [-0.2, 0) is 0 Å². The Labute approximate surface area is 117 Å². The monoisotopic (exact) mass is 294 g/mol. The third-order valence-corrected chi connectivity index (χ3v) is 2.74. The van der Waals surface area contributed by atoms with Crippen LogP contribution in [0.2, 0.25) is 0 Å². The Bertz CT molecular complexity index is 779. The van der Waals surface area contributed by atoms with E-state index in [4.69, 9.17) is 5.26 Å². The Morgan fingerprint density at radius 3 is 2.62 bits per heavy atom. The van der Waals surface area contributed by atoms with E-state index >= 15 is 0 Å². The molecule has 2 rings (SSSR count). The second-order valence-electron chi connectivity index (χ2n) is 4.21. The van der Waals surface area contributed by atoms with Gasteiger partial charge in [0.15, 0.2) is 11.6 Å². The molecule has 1 N–H and O–H groups in total. The molecule has 1 aromatic carbocycles. The number of H-pyrrole nitrogens is 1. The van der Waals surface area contributed by atoms with Crippen molar-refractivity contribution in [2.45, 2.75) is 13.5 Å². The first kappa shape index (κ1) is 14.7. The number of aromatic amines is 1. The smallest absolute Gasteiger partial charge is 0.387 e. The Balaban J connectivity index is 2.56. The van der Waals surface area contributed by atoms with Gasteiger partial charge in [-0.25, -0.2) is 4.39 Å².